The lowest BCUT2D eigenvalue weighted by atomic mass is 10.1. The van der Waals surface area contributed by atoms with Gasteiger partial charge in [-0.25, -0.2) is 22.2 Å². The maximum absolute atomic E-state index is 13.6. The quantitative estimate of drug-likeness (QED) is 0.739. The monoisotopic (exact) mass is 349 g/mol. The lowest BCUT2D eigenvalue weighted by Gasteiger charge is -2.14. The number of aromatic nitrogens is 2. The molecule has 24 heavy (non-hydrogen) atoms. The highest BCUT2D eigenvalue weighted by Gasteiger charge is 2.17. The number of benzene rings is 2. The minimum atomic E-state index is -3.57. The van der Waals surface area contributed by atoms with Gasteiger partial charge >= 0.3 is 0 Å². The van der Waals surface area contributed by atoms with Crippen LogP contribution in [0.3, 0.4) is 0 Å². The Balaban J connectivity index is 1.67. The Kier molecular flexibility index (Phi) is 4.59. The van der Waals surface area contributed by atoms with E-state index < -0.39 is 16.1 Å². The lowest BCUT2D eigenvalue weighted by Crippen LogP contribution is -2.35. The van der Waals surface area contributed by atoms with E-state index in [0.29, 0.717) is 22.2 Å². The van der Waals surface area contributed by atoms with Gasteiger partial charge in [-0.05, 0) is 53.0 Å². The first-order chi connectivity index (χ1) is 11.4. The van der Waals surface area contributed by atoms with E-state index in [0.717, 1.165) is 0 Å². The zero-order valence-electron chi connectivity index (χ0n) is 12.9. The molecule has 126 valence electrons. The van der Waals surface area contributed by atoms with Crippen molar-refractivity contribution in [2.75, 3.05) is 0 Å². The summed E-state index contributed by atoms with van der Waals surface area (Å²) in [6, 6.07) is 10.8. The van der Waals surface area contributed by atoms with Crippen molar-refractivity contribution < 1.29 is 17.4 Å². The molecule has 1 unspecified atom stereocenters. The zero-order chi connectivity index (χ0) is 17.2. The van der Waals surface area contributed by atoms with Crippen molar-refractivity contribution in [1.82, 2.24) is 15.0 Å². The molecule has 1 heterocycles. The Hall–Kier alpha value is -2.32. The second kappa shape index (κ2) is 6.66. The summed E-state index contributed by atoms with van der Waals surface area (Å²) in [6.07, 6.45) is 0.276. The van der Waals surface area contributed by atoms with Crippen LogP contribution in [0.4, 0.5) is 4.39 Å². The van der Waals surface area contributed by atoms with Crippen molar-refractivity contribution in [3.63, 3.8) is 0 Å². The first kappa shape index (κ1) is 16.5. The molecule has 0 aliphatic carbocycles. The van der Waals surface area contributed by atoms with Crippen LogP contribution in [0.15, 0.2) is 47.1 Å². The van der Waals surface area contributed by atoms with Crippen molar-refractivity contribution >= 4 is 21.1 Å². The first-order valence-corrected chi connectivity index (χ1v) is 9.03. The van der Waals surface area contributed by atoms with E-state index in [2.05, 4.69) is 19.7 Å². The molecule has 3 aromatic rings. The van der Waals surface area contributed by atoms with E-state index >= 15 is 0 Å². The van der Waals surface area contributed by atoms with Crippen LogP contribution in [-0.4, -0.2) is 24.8 Å². The maximum Gasteiger partial charge on any atom is 0.216 e. The molecule has 2 aromatic carbocycles. The van der Waals surface area contributed by atoms with Crippen LogP contribution in [-0.2, 0) is 22.2 Å². The molecule has 0 fully saturated rings. The van der Waals surface area contributed by atoms with Gasteiger partial charge in [0, 0.05) is 6.04 Å². The van der Waals surface area contributed by atoms with Crippen LogP contribution in [0.1, 0.15) is 18.1 Å². The smallest absolute Gasteiger partial charge is 0.216 e. The number of halogens is 1. The van der Waals surface area contributed by atoms with Gasteiger partial charge in [-0.3, -0.25) is 0 Å². The van der Waals surface area contributed by atoms with Crippen molar-refractivity contribution in [3.8, 4) is 0 Å². The number of nitrogens with zero attached hydrogens (tertiary/aromatic N) is 2. The Morgan fingerprint density at radius 1 is 1.17 bits per heavy atom. The van der Waals surface area contributed by atoms with E-state index in [1.807, 2.05) is 0 Å². The Labute approximate surface area is 138 Å². The van der Waals surface area contributed by atoms with Gasteiger partial charge in [0.1, 0.15) is 16.9 Å². The fraction of sp³-hybridized carbons (Fsp3) is 0.250. The molecule has 6 nitrogen and oxygen atoms in total. The van der Waals surface area contributed by atoms with Gasteiger partial charge in [-0.15, -0.1) is 0 Å². The third-order valence-electron chi connectivity index (χ3n) is 3.54. The summed E-state index contributed by atoms with van der Waals surface area (Å²) in [5, 5.41) is 7.37. The largest absolute Gasteiger partial charge is 0.243 e. The highest BCUT2D eigenvalue weighted by molar-refractivity contribution is 7.88. The molecule has 1 aromatic heterocycles. The lowest BCUT2D eigenvalue weighted by molar-refractivity contribution is 0.315. The highest BCUT2D eigenvalue weighted by Crippen LogP contribution is 2.15. The van der Waals surface area contributed by atoms with Gasteiger partial charge < -0.3 is 0 Å². The van der Waals surface area contributed by atoms with Gasteiger partial charge in [0.05, 0.1) is 5.75 Å². The average Bonchev–Trinajstić information content (AvgIpc) is 2.96. The second-order valence-electron chi connectivity index (χ2n) is 5.66. The summed E-state index contributed by atoms with van der Waals surface area (Å²) in [5.74, 6) is -0.537. The molecule has 0 saturated carbocycles. The Morgan fingerprint density at radius 2 is 1.92 bits per heavy atom. The topological polar surface area (TPSA) is 85.1 Å². The zero-order valence-corrected chi connectivity index (χ0v) is 13.8. The third kappa shape index (κ3) is 3.95. The molecule has 8 heteroatoms. The van der Waals surface area contributed by atoms with Gasteiger partial charge in [-0.1, -0.05) is 24.3 Å². The van der Waals surface area contributed by atoms with Crippen LogP contribution >= 0.6 is 0 Å². The molecule has 1 N–H and O–H groups in total. The molecular weight excluding hydrogens is 333 g/mol. The molecule has 0 radical (unpaired) electrons. The minimum Gasteiger partial charge on any atom is -0.243 e. The van der Waals surface area contributed by atoms with E-state index in [4.69, 9.17) is 0 Å². The summed E-state index contributed by atoms with van der Waals surface area (Å²) in [7, 11) is -3.57. The molecule has 0 bridgehead atoms. The van der Waals surface area contributed by atoms with E-state index in [-0.39, 0.29) is 18.0 Å². The van der Waals surface area contributed by atoms with Crippen LogP contribution in [0.2, 0.25) is 0 Å². The molecule has 3 rings (SSSR count). The second-order valence-corrected chi connectivity index (χ2v) is 7.41. The Bertz CT molecular complexity index is 956. The van der Waals surface area contributed by atoms with Gasteiger partial charge in [0.15, 0.2) is 0 Å². The summed E-state index contributed by atoms with van der Waals surface area (Å²) in [6.45, 7) is 1.70. The number of fused-ring (bicyclic) bond motifs is 1. The van der Waals surface area contributed by atoms with Crippen molar-refractivity contribution in [2.45, 2.75) is 25.1 Å². The number of hydrogen-bond donors (Lipinski definition) is 1. The van der Waals surface area contributed by atoms with Crippen molar-refractivity contribution in [3.05, 3.63) is 59.4 Å². The van der Waals surface area contributed by atoms with E-state index in [9.17, 15) is 12.8 Å². The third-order valence-corrected chi connectivity index (χ3v) is 5.01. The number of rotatable bonds is 6. The number of sulfonamides is 1. The summed E-state index contributed by atoms with van der Waals surface area (Å²) < 4.78 is 45.4. The Morgan fingerprint density at radius 3 is 2.71 bits per heavy atom. The number of nitrogens with one attached hydrogen (secondary N) is 1. The molecule has 0 spiro atoms. The van der Waals surface area contributed by atoms with E-state index in [1.54, 1.807) is 43.3 Å². The minimum absolute atomic E-state index is 0.197. The molecular formula is C16H16FN3O3S. The molecule has 0 aliphatic heterocycles. The predicted octanol–water partition coefficient (Wildman–Crippen LogP) is 2.41. The summed E-state index contributed by atoms with van der Waals surface area (Å²) in [5.41, 5.74) is 2.12. The summed E-state index contributed by atoms with van der Waals surface area (Å²) in [4.78, 5) is 0. The van der Waals surface area contributed by atoms with E-state index in [1.165, 1.54) is 6.07 Å². The van der Waals surface area contributed by atoms with Gasteiger partial charge in [-0.2, -0.15) is 0 Å². The fourth-order valence-electron chi connectivity index (χ4n) is 2.52. The van der Waals surface area contributed by atoms with Gasteiger partial charge in [0.2, 0.25) is 10.0 Å². The summed E-state index contributed by atoms with van der Waals surface area (Å²) >= 11 is 0. The first-order valence-electron chi connectivity index (χ1n) is 7.37. The van der Waals surface area contributed by atoms with Crippen LogP contribution in [0.25, 0.3) is 11.0 Å². The average molecular weight is 349 g/mol. The molecule has 0 amide bonds. The normalized spacial score (nSPS) is 13.2. The number of hydrogen-bond acceptors (Lipinski definition) is 5. The molecule has 0 aliphatic rings. The van der Waals surface area contributed by atoms with Crippen molar-refractivity contribution in [2.24, 2.45) is 0 Å². The maximum atomic E-state index is 13.6. The fourth-order valence-corrected chi connectivity index (χ4v) is 3.92. The van der Waals surface area contributed by atoms with Crippen LogP contribution in [0, 0.1) is 5.82 Å². The van der Waals surface area contributed by atoms with Gasteiger partial charge in [0.25, 0.3) is 0 Å². The molecule has 1 atom stereocenters. The SMILES string of the molecule is CC(Cc1ccccc1F)NS(=O)(=O)Cc1ccc2nonc2c1. The predicted molar refractivity (Wildman–Crippen MR) is 87.1 cm³/mol. The van der Waals surface area contributed by atoms with Crippen LogP contribution < -0.4 is 4.72 Å². The highest BCUT2D eigenvalue weighted by atomic mass is 32.2. The van der Waals surface area contributed by atoms with Crippen LogP contribution in [0.5, 0.6) is 0 Å². The molecule has 0 saturated heterocycles. The standard InChI is InChI=1S/C16H16FN3O3S/c1-11(8-13-4-2-3-5-14(13)17)20-24(21,22)10-12-6-7-15-16(9-12)19-23-18-15/h2-7,9,11,20H,8,10H2,1H3. The van der Waals surface area contributed by atoms with Crippen molar-refractivity contribution in [1.29, 1.82) is 0 Å².